The largest absolute Gasteiger partial charge is 0.383 e. The summed E-state index contributed by atoms with van der Waals surface area (Å²) in [7, 11) is 1.54. The Morgan fingerprint density at radius 2 is 2.19 bits per heavy atom. The van der Waals surface area contributed by atoms with Gasteiger partial charge in [-0.1, -0.05) is 12.1 Å². The molecular weight excluding hydrogens is 281 g/mol. The maximum Gasteiger partial charge on any atom is 0.305 e. The van der Waals surface area contributed by atoms with Crippen LogP contribution in [-0.4, -0.2) is 37.6 Å². The van der Waals surface area contributed by atoms with E-state index in [-0.39, 0.29) is 24.4 Å². The van der Waals surface area contributed by atoms with Gasteiger partial charge < -0.3 is 15.4 Å². The van der Waals surface area contributed by atoms with Crippen LogP contribution in [0.5, 0.6) is 0 Å². The van der Waals surface area contributed by atoms with E-state index in [0.717, 1.165) is 6.07 Å². The summed E-state index contributed by atoms with van der Waals surface area (Å²) >= 11 is 0. The standard InChI is InChI=1S/C13H18FN3O4/c1-21-8-7-16-12(18)5-6-15-9-10-3-2-4-11(13(10)14)17(19)20/h2-4,15H,5-9H2,1H3,(H,16,18). The second-order valence-corrected chi connectivity index (χ2v) is 4.28. The Kier molecular flexibility index (Phi) is 7.27. The van der Waals surface area contributed by atoms with Gasteiger partial charge in [-0.3, -0.25) is 14.9 Å². The van der Waals surface area contributed by atoms with Gasteiger partial charge in [-0.05, 0) is 0 Å². The van der Waals surface area contributed by atoms with Crippen molar-refractivity contribution in [1.82, 2.24) is 10.6 Å². The van der Waals surface area contributed by atoms with Gasteiger partial charge in [0.2, 0.25) is 11.7 Å². The summed E-state index contributed by atoms with van der Waals surface area (Å²) < 4.78 is 18.5. The fourth-order valence-electron chi connectivity index (χ4n) is 1.65. The third-order valence-corrected chi connectivity index (χ3v) is 2.73. The third-order valence-electron chi connectivity index (χ3n) is 2.73. The average Bonchev–Trinajstić information content (AvgIpc) is 2.45. The van der Waals surface area contributed by atoms with Gasteiger partial charge >= 0.3 is 5.69 Å². The number of nitrogens with one attached hydrogen (secondary N) is 2. The number of carbonyl (C=O) groups excluding carboxylic acids is 1. The summed E-state index contributed by atoms with van der Waals surface area (Å²) in [5.74, 6) is -0.987. The van der Waals surface area contributed by atoms with Gasteiger partial charge in [0.1, 0.15) is 0 Å². The minimum Gasteiger partial charge on any atom is -0.383 e. The van der Waals surface area contributed by atoms with Crippen molar-refractivity contribution in [3.8, 4) is 0 Å². The number of halogens is 1. The molecule has 1 rings (SSSR count). The number of nitrogens with zero attached hydrogens (tertiary/aromatic N) is 1. The number of amides is 1. The van der Waals surface area contributed by atoms with E-state index in [4.69, 9.17) is 4.74 Å². The van der Waals surface area contributed by atoms with E-state index in [0.29, 0.717) is 19.7 Å². The summed E-state index contributed by atoms with van der Waals surface area (Å²) in [6.45, 7) is 1.35. The average molecular weight is 299 g/mol. The lowest BCUT2D eigenvalue weighted by Gasteiger charge is -2.07. The van der Waals surface area contributed by atoms with Crippen molar-refractivity contribution in [3.05, 3.63) is 39.7 Å². The number of hydrogen-bond donors (Lipinski definition) is 2. The Labute approximate surface area is 121 Å². The number of hydrogen-bond acceptors (Lipinski definition) is 5. The highest BCUT2D eigenvalue weighted by molar-refractivity contribution is 5.76. The fraction of sp³-hybridized carbons (Fsp3) is 0.462. The van der Waals surface area contributed by atoms with Crippen LogP contribution in [0.3, 0.4) is 0 Å². The van der Waals surface area contributed by atoms with Crippen LogP contribution in [0.1, 0.15) is 12.0 Å². The second kappa shape index (κ2) is 8.98. The van der Waals surface area contributed by atoms with Crippen molar-refractivity contribution in [1.29, 1.82) is 0 Å². The first kappa shape index (κ1) is 17.0. The van der Waals surface area contributed by atoms with Crippen molar-refractivity contribution in [3.63, 3.8) is 0 Å². The number of rotatable bonds is 9. The number of ether oxygens (including phenoxy) is 1. The van der Waals surface area contributed by atoms with Crippen molar-refractivity contribution in [2.45, 2.75) is 13.0 Å². The van der Waals surface area contributed by atoms with Crippen molar-refractivity contribution >= 4 is 11.6 Å². The predicted molar refractivity (Wildman–Crippen MR) is 74.3 cm³/mol. The number of benzene rings is 1. The molecule has 0 heterocycles. The van der Waals surface area contributed by atoms with Crippen molar-refractivity contribution in [2.75, 3.05) is 26.8 Å². The molecule has 0 bridgehead atoms. The molecule has 0 saturated heterocycles. The summed E-state index contributed by atoms with van der Waals surface area (Å²) in [4.78, 5) is 21.2. The van der Waals surface area contributed by atoms with Crippen LogP contribution in [0, 0.1) is 15.9 Å². The number of carbonyl (C=O) groups is 1. The summed E-state index contributed by atoms with van der Waals surface area (Å²) in [6.07, 6.45) is 0.236. The minimum atomic E-state index is -0.848. The Balaban J connectivity index is 2.35. The highest BCUT2D eigenvalue weighted by atomic mass is 19.1. The lowest BCUT2D eigenvalue weighted by atomic mass is 10.2. The zero-order valence-electron chi connectivity index (χ0n) is 11.7. The molecule has 8 heteroatoms. The molecule has 0 radical (unpaired) electrons. The van der Waals surface area contributed by atoms with E-state index in [1.54, 1.807) is 7.11 Å². The van der Waals surface area contributed by atoms with Crippen molar-refractivity contribution in [2.24, 2.45) is 0 Å². The Morgan fingerprint density at radius 1 is 1.43 bits per heavy atom. The van der Waals surface area contributed by atoms with Crippen LogP contribution < -0.4 is 10.6 Å². The van der Waals surface area contributed by atoms with Gasteiger partial charge in [0.15, 0.2) is 0 Å². The van der Waals surface area contributed by atoms with Crippen LogP contribution in [0.2, 0.25) is 0 Å². The molecular formula is C13H18FN3O4. The summed E-state index contributed by atoms with van der Waals surface area (Å²) in [5.41, 5.74) is -0.351. The number of nitro benzene ring substituents is 1. The Hall–Kier alpha value is -2.06. The molecule has 0 aliphatic heterocycles. The SMILES string of the molecule is COCCNC(=O)CCNCc1cccc([N+](=O)[O-])c1F. The van der Waals surface area contributed by atoms with E-state index >= 15 is 0 Å². The van der Waals surface area contributed by atoms with Crippen LogP contribution in [0.25, 0.3) is 0 Å². The zero-order chi connectivity index (χ0) is 15.7. The first-order valence-electron chi connectivity index (χ1n) is 6.44. The van der Waals surface area contributed by atoms with Gasteiger partial charge in [-0.25, -0.2) is 0 Å². The molecule has 0 atom stereocenters. The van der Waals surface area contributed by atoms with E-state index in [1.807, 2.05) is 0 Å². The van der Waals surface area contributed by atoms with E-state index in [2.05, 4.69) is 10.6 Å². The second-order valence-electron chi connectivity index (χ2n) is 4.28. The molecule has 0 saturated carbocycles. The lowest BCUT2D eigenvalue weighted by Crippen LogP contribution is -2.30. The molecule has 1 aromatic rings. The zero-order valence-corrected chi connectivity index (χ0v) is 11.7. The number of nitro groups is 1. The molecule has 2 N–H and O–H groups in total. The maximum atomic E-state index is 13.7. The first-order valence-corrected chi connectivity index (χ1v) is 6.44. The van der Waals surface area contributed by atoms with Crippen LogP contribution in [-0.2, 0) is 16.1 Å². The molecule has 0 spiro atoms. The highest BCUT2D eigenvalue weighted by Gasteiger charge is 2.16. The number of methoxy groups -OCH3 is 1. The summed E-state index contributed by atoms with van der Waals surface area (Å²) in [5, 5.41) is 16.1. The minimum absolute atomic E-state index is 0.124. The third kappa shape index (κ3) is 5.84. The molecule has 0 aromatic heterocycles. The smallest absolute Gasteiger partial charge is 0.305 e. The van der Waals surface area contributed by atoms with Gasteiger partial charge in [-0.15, -0.1) is 0 Å². The molecule has 0 unspecified atom stereocenters. The Morgan fingerprint density at radius 3 is 2.86 bits per heavy atom. The van der Waals surface area contributed by atoms with Gasteiger partial charge in [-0.2, -0.15) is 4.39 Å². The van der Waals surface area contributed by atoms with Crippen LogP contribution >= 0.6 is 0 Å². The molecule has 1 aromatic carbocycles. The van der Waals surface area contributed by atoms with Gasteiger partial charge in [0.05, 0.1) is 11.5 Å². The highest BCUT2D eigenvalue weighted by Crippen LogP contribution is 2.19. The van der Waals surface area contributed by atoms with E-state index in [1.165, 1.54) is 12.1 Å². The lowest BCUT2D eigenvalue weighted by molar-refractivity contribution is -0.387. The molecule has 116 valence electrons. The fourth-order valence-corrected chi connectivity index (χ4v) is 1.65. The van der Waals surface area contributed by atoms with Crippen LogP contribution in [0.15, 0.2) is 18.2 Å². The molecule has 0 aliphatic carbocycles. The molecule has 21 heavy (non-hydrogen) atoms. The first-order chi connectivity index (χ1) is 10.1. The van der Waals surface area contributed by atoms with Gasteiger partial charge in [0.25, 0.3) is 0 Å². The Bertz CT molecular complexity index is 496. The monoisotopic (exact) mass is 299 g/mol. The quantitative estimate of drug-likeness (QED) is 0.403. The van der Waals surface area contributed by atoms with Gasteiger partial charge in [0, 0.05) is 44.8 Å². The maximum absolute atomic E-state index is 13.7. The molecule has 0 aliphatic rings. The van der Waals surface area contributed by atoms with Crippen LogP contribution in [0.4, 0.5) is 10.1 Å². The normalized spacial score (nSPS) is 10.4. The van der Waals surface area contributed by atoms with Crippen molar-refractivity contribution < 1.29 is 18.8 Å². The predicted octanol–water partition coefficient (Wildman–Crippen LogP) is 0.976. The topological polar surface area (TPSA) is 93.5 Å². The van der Waals surface area contributed by atoms with E-state index < -0.39 is 16.4 Å². The molecule has 0 fully saturated rings. The summed E-state index contributed by atoms with van der Waals surface area (Å²) in [6, 6.07) is 4.01. The molecule has 1 amide bonds. The van der Waals surface area contributed by atoms with E-state index in [9.17, 15) is 19.3 Å². The molecule has 7 nitrogen and oxygen atoms in total.